The van der Waals surface area contributed by atoms with Gasteiger partial charge in [-0.1, -0.05) is 24.3 Å². The molecule has 1 unspecified atom stereocenters. The minimum atomic E-state index is -1.18. The van der Waals surface area contributed by atoms with Gasteiger partial charge in [0, 0.05) is 0 Å². The Hall–Kier alpha value is -1.39. The van der Waals surface area contributed by atoms with Crippen LogP contribution in [0.15, 0.2) is 24.3 Å². The summed E-state index contributed by atoms with van der Waals surface area (Å²) in [5.41, 5.74) is 1.83. The molecule has 0 aromatic heterocycles. The molecule has 0 bridgehead atoms. The van der Waals surface area contributed by atoms with E-state index in [9.17, 15) is 9.90 Å². The van der Waals surface area contributed by atoms with Gasteiger partial charge in [0.25, 0.3) is 0 Å². The molecule has 4 heteroatoms. The molecule has 110 valence electrons. The molecule has 0 saturated carbocycles. The van der Waals surface area contributed by atoms with E-state index in [2.05, 4.69) is 18.0 Å². The van der Waals surface area contributed by atoms with Crippen LogP contribution in [0.25, 0.3) is 0 Å². The van der Waals surface area contributed by atoms with Gasteiger partial charge in [0.1, 0.15) is 0 Å². The van der Waals surface area contributed by atoms with Crippen molar-refractivity contribution < 1.29 is 14.6 Å². The normalized spacial score (nSPS) is 18.8. The second-order valence-corrected chi connectivity index (χ2v) is 5.40. The van der Waals surface area contributed by atoms with Gasteiger partial charge in [-0.25, -0.2) is 4.79 Å². The first-order valence-electron chi connectivity index (χ1n) is 7.25. The Morgan fingerprint density at radius 3 is 2.80 bits per heavy atom. The van der Waals surface area contributed by atoms with Crippen LogP contribution in [0.1, 0.15) is 42.9 Å². The third-order valence-electron chi connectivity index (χ3n) is 3.93. The number of nitrogens with zero attached hydrogens (tertiary/aromatic N) is 1. The zero-order valence-corrected chi connectivity index (χ0v) is 12.2. The monoisotopic (exact) mass is 277 g/mol. The highest BCUT2D eigenvalue weighted by atomic mass is 16.5. The lowest BCUT2D eigenvalue weighted by Crippen LogP contribution is -2.29. The molecule has 0 amide bonds. The Morgan fingerprint density at radius 2 is 2.15 bits per heavy atom. The largest absolute Gasteiger partial charge is 0.464 e. The lowest BCUT2D eigenvalue weighted by Gasteiger charge is -2.29. The molecule has 1 fully saturated rings. The van der Waals surface area contributed by atoms with Crippen LogP contribution in [0.2, 0.25) is 0 Å². The zero-order valence-electron chi connectivity index (χ0n) is 12.2. The van der Waals surface area contributed by atoms with Gasteiger partial charge in [-0.15, -0.1) is 0 Å². The van der Waals surface area contributed by atoms with Crippen molar-refractivity contribution in [2.45, 2.75) is 31.8 Å². The first kappa shape index (κ1) is 15.0. The maximum Gasteiger partial charge on any atom is 0.339 e. The summed E-state index contributed by atoms with van der Waals surface area (Å²) in [5, 5.41) is 10.0. The second kappa shape index (κ2) is 6.86. The molecule has 1 saturated heterocycles. The van der Waals surface area contributed by atoms with E-state index in [-0.39, 0.29) is 6.61 Å². The number of benzene rings is 1. The maximum absolute atomic E-state index is 11.6. The van der Waals surface area contributed by atoms with Gasteiger partial charge in [-0.2, -0.15) is 0 Å². The third kappa shape index (κ3) is 3.58. The van der Waals surface area contributed by atoms with Gasteiger partial charge in [0.2, 0.25) is 0 Å². The molecule has 1 heterocycles. The predicted molar refractivity (Wildman–Crippen MR) is 77.5 cm³/mol. The van der Waals surface area contributed by atoms with E-state index >= 15 is 0 Å². The molecular formula is C16H23NO3. The highest BCUT2D eigenvalue weighted by Gasteiger charge is 2.22. The van der Waals surface area contributed by atoms with Gasteiger partial charge in [-0.3, -0.25) is 0 Å². The Labute approximate surface area is 120 Å². The summed E-state index contributed by atoms with van der Waals surface area (Å²) in [6.07, 6.45) is 1.06. The molecule has 1 atom stereocenters. The zero-order chi connectivity index (χ0) is 14.5. The average Bonchev–Trinajstić information content (AvgIpc) is 2.47. The molecule has 1 aliphatic heterocycles. The van der Waals surface area contributed by atoms with Crippen molar-refractivity contribution in [2.24, 2.45) is 0 Å². The van der Waals surface area contributed by atoms with E-state index in [4.69, 9.17) is 4.74 Å². The van der Waals surface area contributed by atoms with Crippen molar-refractivity contribution in [1.29, 1.82) is 0 Å². The maximum atomic E-state index is 11.6. The fraction of sp³-hybridized carbons (Fsp3) is 0.562. The number of carbonyl (C=O) groups is 1. The van der Waals surface area contributed by atoms with E-state index in [1.54, 1.807) is 13.0 Å². The summed E-state index contributed by atoms with van der Waals surface area (Å²) in [5.74, 6) is -0.0615. The van der Waals surface area contributed by atoms with Crippen molar-refractivity contribution in [1.82, 2.24) is 4.90 Å². The summed E-state index contributed by atoms with van der Waals surface area (Å²) in [6, 6.07) is 7.71. The van der Waals surface area contributed by atoms with Crippen molar-refractivity contribution in [3.05, 3.63) is 35.4 Å². The van der Waals surface area contributed by atoms with Gasteiger partial charge < -0.3 is 14.7 Å². The molecule has 0 spiro atoms. The SMILES string of the molecule is CCOC(=O)C(O)c1cccc(C2CCN(C)CC2)c1. The Bertz CT molecular complexity index is 453. The van der Waals surface area contributed by atoms with Crippen LogP contribution < -0.4 is 0 Å². The molecule has 2 rings (SSSR count). The molecule has 1 aliphatic rings. The van der Waals surface area contributed by atoms with Crippen LogP contribution in [-0.2, 0) is 9.53 Å². The van der Waals surface area contributed by atoms with Crippen molar-refractivity contribution in [3.8, 4) is 0 Å². The number of likely N-dealkylation sites (tertiary alicyclic amines) is 1. The van der Waals surface area contributed by atoms with Crippen molar-refractivity contribution >= 4 is 5.97 Å². The van der Waals surface area contributed by atoms with E-state index in [1.165, 1.54) is 5.56 Å². The van der Waals surface area contributed by atoms with Gasteiger partial charge in [0.15, 0.2) is 6.10 Å². The molecule has 1 aromatic rings. The fourth-order valence-corrected chi connectivity index (χ4v) is 2.68. The van der Waals surface area contributed by atoms with Crippen molar-refractivity contribution in [2.75, 3.05) is 26.7 Å². The summed E-state index contributed by atoms with van der Waals surface area (Å²) in [6.45, 7) is 4.20. The van der Waals surface area contributed by atoms with Gasteiger partial charge in [-0.05, 0) is 56.9 Å². The molecule has 0 aliphatic carbocycles. The van der Waals surface area contributed by atoms with Gasteiger partial charge >= 0.3 is 5.97 Å². The lowest BCUT2D eigenvalue weighted by atomic mass is 9.88. The lowest BCUT2D eigenvalue weighted by molar-refractivity contribution is -0.153. The number of ether oxygens (including phenoxy) is 1. The minimum Gasteiger partial charge on any atom is -0.464 e. The highest BCUT2D eigenvalue weighted by molar-refractivity contribution is 5.76. The van der Waals surface area contributed by atoms with E-state index in [0.29, 0.717) is 11.5 Å². The number of carbonyl (C=O) groups excluding carboxylic acids is 1. The molecular weight excluding hydrogens is 254 g/mol. The summed E-state index contributed by atoms with van der Waals surface area (Å²) in [7, 11) is 2.14. The van der Waals surface area contributed by atoms with Crippen LogP contribution >= 0.6 is 0 Å². The number of aliphatic hydroxyl groups is 1. The number of hydrogen-bond acceptors (Lipinski definition) is 4. The Balaban J connectivity index is 2.09. The third-order valence-corrected chi connectivity index (χ3v) is 3.93. The van der Waals surface area contributed by atoms with Crippen LogP contribution in [0, 0.1) is 0 Å². The summed E-state index contributed by atoms with van der Waals surface area (Å²) >= 11 is 0. The van der Waals surface area contributed by atoms with Crippen molar-refractivity contribution in [3.63, 3.8) is 0 Å². The molecule has 1 aromatic carbocycles. The highest BCUT2D eigenvalue weighted by Crippen LogP contribution is 2.29. The standard InChI is InChI=1S/C16H23NO3/c1-3-20-16(19)15(18)14-6-4-5-13(11-14)12-7-9-17(2)10-8-12/h4-6,11-12,15,18H,3,7-10H2,1-2H3. The van der Waals surface area contributed by atoms with Crippen LogP contribution in [0.3, 0.4) is 0 Å². The minimum absolute atomic E-state index is 0.282. The summed E-state index contributed by atoms with van der Waals surface area (Å²) in [4.78, 5) is 13.9. The van der Waals surface area contributed by atoms with Gasteiger partial charge in [0.05, 0.1) is 6.61 Å². The quantitative estimate of drug-likeness (QED) is 0.856. The topological polar surface area (TPSA) is 49.8 Å². The first-order valence-corrected chi connectivity index (χ1v) is 7.25. The average molecular weight is 277 g/mol. The van der Waals surface area contributed by atoms with Crippen LogP contribution in [0.5, 0.6) is 0 Å². The number of aliphatic hydroxyl groups excluding tert-OH is 1. The molecule has 20 heavy (non-hydrogen) atoms. The number of rotatable bonds is 4. The van der Waals surface area contributed by atoms with Crippen LogP contribution in [0.4, 0.5) is 0 Å². The molecule has 4 nitrogen and oxygen atoms in total. The Kier molecular flexibility index (Phi) is 5.15. The smallest absolute Gasteiger partial charge is 0.339 e. The number of piperidine rings is 1. The van der Waals surface area contributed by atoms with Crippen LogP contribution in [-0.4, -0.2) is 42.7 Å². The number of esters is 1. The Morgan fingerprint density at radius 1 is 1.45 bits per heavy atom. The predicted octanol–water partition coefficient (Wildman–Crippen LogP) is 2.09. The molecule has 1 N–H and O–H groups in total. The molecule has 0 radical (unpaired) electrons. The van der Waals surface area contributed by atoms with E-state index in [0.717, 1.165) is 25.9 Å². The fourth-order valence-electron chi connectivity index (χ4n) is 2.68. The first-order chi connectivity index (χ1) is 9.61. The second-order valence-electron chi connectivity index (χ2n) is 5.40. The van der Waals surface area contributed by atoms with E-state index < -0.39 is 12.1 Å². The summed E-state index contributed by atoms with van der Waals surface area (Å²) < 4.78 is 4.86. The number of hydrogen-bond donors (Lipinski definition) is 1. The van der Waals surface area contributed by atoms with E-state index in [1.807, 2.05) is 12.1 Å².